The molecule has 0 amide bonds. The molecule has 0 aromatic rings. The predicted octanol–water partition coefficient (Wildman–Crippen LogP) is 3.09. The molecule has 0 aromatic heterocycles. The Kier molecular flexibility index (Phi) is 13.2. The first-order chi connectivity index (χ1) is 14.7. The molecular formula is C22H33N5O3. The van der Waals surface area contributed by atoms with Crippen LogP contribution in [0.3, 0.4) is 0 Å². The van der Waals surface area contributed by atoms with E-state index in [1.807, 2.05) is 12.1 Å². The Morgan fingerprint density at radius 1 is 1.00 bits per heavy atom. The second kappa shape index (κ2) is 15.9. The number of nitriles is 2. The zero-order chi connectivity index (χ0) is 22.0. The van der Waals surface area contributed by atoms with E-state index in [0.29, 0.717) is 0 Å². The van der Waals surface area contributed by atoms with Crippen molar-refractivity contribution in [1.29, 1.82) is 10.5 Å². The molecule has 0 bridgehead atoms. The number of rotatable bonds is 1. The van der Waals surface area contributed by atoms with Crippen molar-refractivity contribution in [2.24, 2.45) is 4.99 Å². The lowest BCUT2D eigenvalue weighted by molar-refractivity contribution is -0.135. The highest BCUT2D eigenvalue weighted by Crippen LogP contribution is 2.15. The van der Waals surface area contributed by atoms with Crippen LogP contribution < -0.4 is 10.6 Å². The number of carbonyl (C=O) groups is 1. The number of hydrogen-bond acceptors (Lipinski definition) is 8. The minimum Gasteiger partial charge on any atom is -0.484 e. The minimum atomic E-state index is -0.549. The van der Waals surface area contributed by atoms with Gasteiger partial charge >= 0.3 is 5.97 Å². The zero-order valence-electron chi connectivity index (χ0n) is 18.1. The van der Waals surface area contributed by atoms with Crippen molar-refractivity contribution >= 4 is 11.9 Å². The number of esters is 1. The highest BCUT2D eigenvalue weighted by molar-refractivity contribution is 5.93. The monoisotopic (exact) mass is 415 g/mol. The van der Waals surface area contributed by atoms with Gasteiger partial charge in [-0.2, -0.15) is 10.5 Å². The largest absolute Gasteiger partial charge is 0.484 e. The number of nitrogens with one attached hydrogen (secondary N) is 2. The Morgan fingerprint density at radius 2 is 1.70 bits per heavy atom. The molecule has 0 saturated carbocycles. The van der Waals surface area contributed by atoms with Gasteiger partial charge in [0.1, 0.15) is 6.07 Å². The molecule has 8 nitrogen and oxygen atoms in total. The molecule has 0 atom stereocenters. The summed E-state index contributed by atoms with van der Waals surface area (Å²) in [6.07, 6.45) is 11.5. The van der Waals surface area contributed by atoms with E-state index in [2.05, 4.69) is 20.4 Å². The van der Waals surface area contributed by atoms with Gasteiger partial charge in [-0.15, -0.1) is 0 Å². The summed E-state index contributed by atoms with van der Waals surface area (Å²) >= 11 is 0. The maximum absolute atomic E-state index is 11.1. The third kappa shape index (κ3) is 9.97. The Morgan fingerprint density at radius 3 is 2.13 bits per heavy atom. The third-order valence-electron chi connectivity index (χ3n) is 4.78. The number of methoxy groups -OCH3 is 2. The van der Waals surface area contributed by atoms with Crippen LogP contribution in [0.25, 0.3) is 0 Å². The van der Waals surface area contributed by atoms with Crippen molar-refractivity contribution in [3.05, 3.63) is 23.0 Å². The molecule has 30 heavy (non-hydrogen) atoms. The molecule has 2 saturated heterocycles. The molecule has 0 unspecified atom stereocenters. The standard InChI is InChI=1S/C9H12N2O2.C7H10N2.C6H11NO/c1-13-9(12)7(6-10)8-4-2-3-5-11-8;8-5-4-7-3-1-2-6-9-7;1-8-6-4-2-3-5-7-6/h11H,2-5H2,1H3;4,9H,1-3,6H2;2-5H2,1H3. The fraction of sp³-hybridized carbons (Fsp3) is 0.636. The van der Waals surface area contributed by atoms with Crippen LogP contribution >= 0.6 is 0 Å². The van der Waals surface area contributed by atoms with Crippen LogP contribution in [0.2, 0.25) is 0 Å². The van der Waals surface area contributed by atoms with Gasteiger partial charge in [-0.25, -0.2) is 4.79 Å². The summed E-state index contributed by atoms with van der Waals surface area (Å²) in [4.78, 5) is 15.2. The van der Waals surface area contributed by atoms with E-state index in [0.717, 1.165) is 69.0 Å². The number of allylic oxidation sites excluding steroid dienone is 3. The molecular weight excluding hydrogens is 382 g/mol. The summed E-state index contributed by atoms with van der Waals surface area (Å²) < 4.78 is 9.44. The van der Waals surface area contributed by atoms with Crippen LogP contribution in [0.4, 0.5) is 0 Å². The summed E-state index contributed by atoms with van der Waals surface area (Å²) in [6.45, 7) is 2.83. The Balaban J connectivity index is 0.000000234. The van der Waals surface area contributed by atoms with Crippen molar-refractivity contribution in [1.82, 2.24) is 10.6 Å². The number of hydrogen-bond donors (Lipinski definition) is 2. The molecule has 3 rings (SSSR count). The third-order valence-corrected chi connectivity index (χ3v) is 4.78. The van der Waals surface area contributed by atoms with Gasteiger partial charge in [0.2, 0.25) is 0 Å². The van der Waals surface area contributed by atoms with E-state index in [1.54, 1.807) is 13.2 Å². The van der Waals surface area contributed by atoms with E-state index < -0.39 is 5.97 Å². The summed E-state index contributed by atoms with van der Waals surface area (Å²) in [6, 6.07) is 3.88. The first-order valence-corrected chi connectivity index (χ1v) is 10.5. The average molecular weight is 416 g/mol. The summed E-state index contributed by atoms with van der Waals surface area (Å²) in [5.74, 6) is 0.378. The number of aliphatic imine (C=N–C) groups is 1. The fourth-order valence-electron chi connectivity index (χ4n) is 3.12. The van der Waals surface area contributed by atoms with E-state index >= 15 is 0 Å². The molecule has 0 spiro atoms. The molecule has 3 aliphatic rings. The van der Waals surface area contributed by atoms with Gasteiger partial charge in [0.05, 0.1) is 20.3 Å². The number of nitrogens with zero attached hydrogens (tertiary/aromatic N) is 3. The second-order valence-corrected chi connectivity index (χ2v) is 6.96. The van der Waals surface area contributed by atoms with E-state index in [-0.39, 0.29) is 5.57 Å². The minimum absolute atomic E-state index is 0.113. The van der Waals surface area contributed by atoms with E-state index in [4.69, 9.17) is 15.3 Å². The summed E-state index contributed by atoms with van der Waals surface area (Å²) in [7, 11) is 2.97. The Labute approximate surface area is 179 Å². The molecule has 3 aliphatic heterocycles. The number of carbonyl (C=O) groups excluding carboxylic acids is 1. The lowest BCUT2D eigenvalue weighted by Gasteiger charge is -2.17. The van der Waals surface area contributed by atoms with E-state index in [1.165, 1.54) is 32.8 Å². The van der Waals surface area contributed by atoms with Gasteiger partial charge < -0.3 is 20.1 Å². The number of piperidine rings is 2. The summed E-state index contributed by atoms with van der Waals surface area (Å²) in [5.41, 5.74) is 1.94. The van der Waals surface area contributed by atoms with Gasteiger partial charge in [0, 0.05) is 43.5 Å². The van der Waals surface area contributed by atoms with Crippen LogP contribution in [-0.4, -0.2) is 45.7 Å². The van der Waals surface area contributed by atoms with Crippen molar-refractivity contribution in [3.63, 3.8) is 0 Å². The molecule has 2 N–H and O–H groups in total. The SMILES string of the molecule is COC(=O)C(C#N)=C1CCCCN1.COC1=NCCCC1.N#CC=C1CCCCN1. The Bertz CT molecular complexity index is 697. The first-order valence-electron chi connectivity index (χ1n) is 10.5. The lowest BCUT2D eigenvalue weighted by Crippen LogP contribution is -2.23. The maximum Gasteiger partial charge on any atom is 0.350 e. The van der Waals surface area contributed by atoms with Crippen molar-refractivity contribution in [3.8, 4) is 12.1 Å². The molecule has 2 fully saturated rings. The smallest absolute Gasteiger partial charge is 0.350 e. The van der Waals surface area contributed by atoms with Gasteiger partial charge in [-0.05, 0) is 51.4 Å². The molecule has 164 valence electrons. The van der Waals surface area contributed by atoms with Gasteiger partial charge in [-0.3, -0.25) is 4.99 Å². The molecule has 0 radical (unpaired) electrons. The van der Waals surface area contributed by atoms with Crippen molar-refractivity contribution in [2.75, 3.05) is 33.9 Å². The van der Waals surface area contributed by atoms with Crippen LogP contribution in [0.5, 0.6) is 0 Å². The van der Waals surface area contributed by atoms with Crippen molar-refractivity contribution in [2.45, 2.75) is 57.8 Å². The quantitative estimate of drug-likeness (QED) is 0.383. The first kappa shape index (κ1) is 25.0. The average Bonchev–Trinajstić information content (AvgIpc) is 2.82. The highest BCUT2D eigenvalue weighted by Gasteiger charge is 2.17. The van der Waals surface area contributed by atoms with E-state index in [9.17, 15) is 4.79 Å². The maximum atomic E-state index is 11.1. The topological polar surface area (TPSA) is 120 Å². The molecule has 0 aromatic carbocycles. The predicted molar refractivity (Wildman–Crippen MR) is 115 cm³/mol. The van der Waals surface area contributed by atoms with Gasteiger partial charge in [0.25, 0.3) is 0 Å². The fourth-order valence-corrected chi connectivity index (χ4v) is 3.12. The normalized spacial score (nSPS) is 20.7. The van der Waals surface area contributed by atoms with Gasteiger partial charge in [-0.1, -0.05) is 0 Å². The molecule has 8 heteroatoms. The van der Waals surface area contributed by atoms with Crippen LogP contribution in [-0.2, 0) is 14.3 Å². The lowest BCUT2D eigenvalue weighted by atomic mass is 10.1. The second-order valence-electron chi connectivity index (χ2n) is 6.96. The molecule has 3 heterocycles. The highest BCUT2D eigenvalue weighted by atomic mass is 16.5. The molecule has 0 aliphatic carbocycles. The Hall–Kier alpha value is -3.00. The zero-order valence-corrected chi connectivity index (χ0v) is 18.1. The van der Waals surface area contributed by atoms with Crippen molar-refractivity contribution < 1.29 is 14.3 Å². The number of ether oxygens (including phenoxy) is 2. The van der Waals surface area contributed by atoms with Crippen LogP contribution in [0.1, 0.15) is 57.8 Å². The summed E-state index contributed by atoms with van der Waals surface area (Å²) in [5, 5.41) is 23.2. The van der Waals surface area contributed by atoms with Gasteiger partial charge in [0.15, 0.2) is 11.5 Å². The van der Waals surface area contributed by atoms with Crippen LogP contribution in [0, 0.1) is 22.7 Å². The van der Waals surface area contributed by atoms with Crippen LogP contribution in [0.15, 0.2) is 28.0 Å².